The third-order valence-corrected chi connectivity index (χ3v) is 6.72. The Balaban J connectivity index is 1.38. The lowest BCUT2D eigenvalue weighted by atomic mass is 9.75. The molecule has 1 saturated carbocycles. The summed E-state index contributed by atoms with van der Waals surface area (Å²) in [4.78, 5) is 11.3. The van der Waals surface area contributed by atoms with Crippen molar-refractivity contribution in [1.82, 2.24) is 9.80 Å². The molecule has 3 aliphatic rings. The molecule has 1 saturated heterocycles. The van der Waals surface area contributed by atoms with Crippen LogP contribution in [0.4, 0.5) is 0 Å². The van der Waals surface area contributed by atoms with Gasteiger partial charge in [-0.1, -0.05) is 39.0 Å². The van der Waals surface area contributed by atoms with Crippen LogP contribution in [-0.2, 0) is 4.84 Å². The third kappa shape index (κ3) is 5.45. The lowest BCUT2D eigenvalue weighted by Crippen LogP contribution is -2.54. The molecule has 26 heavy (non-hydrogen) atoms. The van der Waals surface area contributed by atoms with Crippen LogP contribution < -0.4 is 0 Å². The lowest BCUT2D eigenvalue weighted by molar-refractivity contribution is -0.836. The van der Waals surface area contributed by atoms with Gasteiger partial charge in [-0.2, -0.15) is 0 Å². The van der Waals surface area contributed by atoms with Crippen LogP contribution >= 0.6 is 0 Å². The highest BCUT2D eigenvalue weighted by molar-refractivity contribution is 5.86. The topological polar surface area (TPSA) is 18.7 Å². The van der Waals surface area contributed by atoms with E-state index in [0.717, 1.165) is 12.5 Å². The number of hydrogen-bond acceptors (Lipinski definition) is 3. The van der Waals surface area contributed by atoms with E-state index >= 15 is 0 Å². The second-order valence-corrected chi connectivity index (χ2v) is 8.77. The van der Waals surface area contributed by atoms with Gasteiger partial charge in [-0.05, 0) is 31.0 Å². The van der Waals surface area contributed by atoms with Crippen molar-refractivity contribution in [2.75, 3.05) is 46.4 Å². The molecule has 150 valence electrons. The monoisotopic (exact) mass is 364 g/mol. The smallest absolute Gasteiger partial charge is 0.214 e. The van der Waals surface area contributed by atoms with Crippen LogP contribution in [0.1, 0.15) is 77.6 Å². The van der Waals surface area contributed by atoms with E-state index < -0.39 is 0 Å². The molecule has 0 aromatic carbocycles. The summed E-state index contributed by atoms with van der Waals surface area (Å²) >= 11 is 0. The van der Waals surface area contributed by atoms with E-state index in [9.17, 15) is 0 Å². The van der Waals surface area contributed by atoms with Gasteiger partial charge < -0.3 is 9.80 Å². The highest BCUT2D eigenvalue weighted by atomic mass is 16.7. The first kappa shape index (κ1) is 20.1. The Morgan fingerprint density at radius 1 is 1.00 bits per heavy atom. The average Bonchev–Trinajstić information content (AvgIpc) is 2.66. The van der Waals surface area contributed by atoms with Crippen molar-refractivity contribution >= 4 is 5.71 Å². The maximum Gasteiger partial charge on any atom is 0.214 e. The van der Waals surface area contributed by atoms with Crippen LogP contribution in [0.3, 0.4) is 0 Å². The summed E-state index contributed by atoms with van der Waals surface area (Å²) in [6.07, 6.45) is 15.0. The molecule has 0 amide bonds. The Labute approximate surface area is 161 Å². The average molecular weight is 365 g/mol. The zero-order valence-electron chi connectivity index (χ0n) is 17.4. The van der Waals surface area contributed by atoms with Crippen LogP contribution in [0.25, 0.3) is 0 Å². The minimum atomic E-state index is 0.690. The number of hydroxylamine groups is 1. The van der Waals surface area contributed by atoms with E-state index in [-0.39, 0.29) is 0 Å². The van der Waals surface area contributed by atoms with Crippen molar-refractivity contribution in [1.29, 1.82) is 0 Å². The molecular weight excluding hydrogens is 322 g/mol. The molecule has 3 rings (SSSR count). The first-order valence-electron chi connectivity index (χ1n) is 11.5. The number of likely N-dealkylation sites (N-methyl/N-ethyl adjacent to an activating group) is 1. The highest BCUT2D eigenvalue weighted by Crippen LogP contribution is 2.36. The van der Waals surface area contributed by atoms with Crippen molar-refractivity contribution in [2.45, 2.75) is 83.6 Å². The standard InChI is InChI=1S/C22H42N3O/c1-3-4-5-6-7-12-21-20-11-8-9-13-22(20)25(21)26-19-10-14-24-17-15-23(2)16-18-24/h20-21H,3-19H2,1-2H3/q+1. The van der Waals surface area contributed by atoms with E-state index in [0.29, 0.717) is 6.04 Å². The Bertz CT molecular complexity index is 443. The van der Waals surface area contributed by atoms with Crippen LogP contribution in [-0.4, -0.2) is 72.7 Å². The van der Waals surface area contributed by atoms with Gasteiger partial charge in [0, 0.05) is 52.0 Å². The van der Waals surface area contributed by atoms with E-state index in [4.69, 9.17) is 4.84 Å². The number of piperazine rings is 1. The quantitative estimate of drug-likeness (QED) is 0.409. The number of unbranched alkanes of at least 4 members (excludes halogenated alkanes) is 4. The minimum Gasteiger partial charge on any atom is -0.304 e. The maximum atomic E-state index is 6.31. The van der Waals surface area contributed by atoms with Gasteiger partial charge in [-0.25, -0.2) is 0 Å². The number of nitrogens with zero attached hydrogens (tertiary/aromatic N) is 3. The fourth-order valence-corrected chi connectivity index (χ4v) is 4.98. The van der Waals surface area contributed by atoms with Crippen LogP contribution in [0, 0.1) is 5.92 Å². The third-order valence-electron chi connectivity index (χ3n) is 6.72. The molecule has 0 radical (unpaired) electrons. The molecule has 2 fully saturated rings. The Kier molecular flexibility index (Phi) is 8.25. The number of hydrogen-bond donors (Lipinski definition) is 0. The normalized spacial score (nSPS) is 27.3. The fourth-order valence-electron chi connectivity index (χ4n) is 4.98. The molecule has 0 spiro atoms. The van der Waals surface area contributed by atoms with Crippen molar-refractivity contribution < 1.29 is 9.58 Å². The Hall–Kier alpha value is -0.610. The summed E-state index contributed by atoms with van der Waals surface area (Å²) in [5.74, 6) is 0.854. The molecule has 2 atom stereocenters. The number of rotatable bonds is 11. The number of fused-ring (bicyclic) bond motifs is 1. The fraction of sp³-hybridized carbons (Fsp3) is 0.955. The summed E-state index contributed by atoms with van der Waals surface area (Å²) in [6, 6.07) is 0.690. The van der Waals surface area contributed by atoms with Gasteiger partial charge in [0.1, 0.15) is 5.92 Å². The summed E-state index contributed by atoms with van der Waals surface area (Å²) in [7, 11) is 2.23. The van der Waals surface area contributed by atoms with Gasteiger partial charge in [0.25, 0.3) is 0 Å². The largest absolute Gasteiger partial charge is 0.304 e. The Morgan fingerprint density at radius 3 is 2.62 bits per heavy atom. The van der Waals surface area contributed by atoms with Gasteiger partial charge >= 0.3 is 0 Å². The van der Waals surface area contributed by atoms with Gasteiger partial charge in [-0.3, -0.25) is 4.84 Å². The summed E-state index contributed by atoms with van der Waals surface area (Å²) in [5, 5.41) is 0. The molecule has 2 unspecified atom stereocenters. The summed E-state index contributed by atoms with van der Waals surface area (Å²) in [6.45, 7) is 9.27. The van der Waals surface area contributed by atoms with Gasteiger partial charge in [0.05, 0.1) is 0 Å². The van der Waals surface area contributed by atoms with Crippen molar-refractivity contribution in [3.8, 4) is 0 Å². The molecule has 2 aliphatic heterocycles. The van der Waals surface area contributed by atoms with Gasteiger partial charge in [-0.15, -0.1) is 0 Å². The van der Waals surface area contributed by atoms with Crippen LogP contribution in [0.2, 0.25) is 0 Å². The predicted molar refractivity (Wildman–Crippen MR) is 109 cm³/mol. The van der Waals surface area contributed by atoms with E-state index in [1.807, 2.05) is 0 Å². The summed E-state index contributed by atoms with van der Waals surface area (Å²) < 4.78 is 2.37. The molecule has 4 nitrogen and oxygen atoms in total. The van der Waals surface area contributed by atoms with Crippen molar-refractivity contribution in [3.05, 3.63) is 0 Å². The molecule has 0 bridgehead atoms. The van der Waals surface area contributed by atoms with E-state index in [1.54, 1.807) is 5.71 Å². The SMILES string of the molecule is CCCCCCCC1C2CCCCC2=[N+]1OCCCN1CCN(C)CC1. The molecule has 2 heterocycles. The Morgan fingerprint density at radius 2 is 1.81 bits per heavy atom. The molecule has 0 N–H and O–H groups in total. The zero-order chi connectivity index (χ0) is 18.2. The zero-order valence-corrected chi connectivity index (χ0v) is 17.4. The highest BCUT2D eigenvalue weighted by Gasteiger charge is 2.52. The lowest BCUT2D eigenvalue weighted by Gasteiger charge is -2.35. The van der Waals surface area contributed by atoms with Crippen molar-refractivity contribution in [3.63, 3.8) is 0 Å². The first-order chi connectivity index (χ1) is 12.8. The predicted octanol–water partition coefficient (Wildman–Crippen LogP) is 3.94. The summed E-state index contributed by atoms with van der Waals surface area (Å²) in [5.41, 5.74) is 1.63. The molecule has 0 aromatic heterocycles. The van der Waals surface area contributed by atoms with Gasteiger partial charge in [0.15, 0.2) is 6.61 Å². The molecule has 4 heteroatoms. The molecule has 1 aliphatic carbocycles. The van der Waals surface area contributed by atoms with Crippen LogP contribution in [0.15, 0.2) is 0 Å². The van der Waals surface area contributed by atoms with Gasteiger partial charge in [0.2, 0.25) is 11.8 Å². The van der Waals surface area contributed by atoms with Crippen molar-refractivity contribution in [2.24, 2.45) is 5.92 Å². The second-order valence-electron chi connectivity index (χ2n) is 8.77. The minimum absolute atomic E-state index is 0.690. The second kappa shape index (κ2) is 10.7. The molecule has 0 aromatic rings. The van der Waals surface area contributed by atoms with E-state index in [2.05, 4.69) is 28.5 Å². The van der Waals surface area contributed by atoms with E-state index in [1.165, 1.54) is 103 Å². The first-order valence-corrected chi connectivity index (χ1v) is 11.5. The van der Waals surface area contributed by atoms with Crippen LogP contribution in [0.5, 0.6) is 0 Å². The molecular formula is C22H42N3O+. The maximum absolute atomic E-state index is 6.31.